The van der Waals surface area contributed by atoms with Crippen LogP contribution in [0.25, 0.3) is 0 Å². The molecule has 1 heterocycles. The highest BCUT2D eigenvalue weighted by Crippen LogP contribution is 2.18. The van der Waals surface area contributed by atoms with E-state index in [9.17, 15) is 0 Å². The molecule has 1 atom stereocenters. The molecule has 0 bridgehead atoms. The first-order valence-electron chi connectivity index (χ1n) is 4.56. The van der Waals surface area contributed by atoms with Gasteiger partial charge in [-0.2, -0.15) is 5.10 Å². The largest absolute Gasteiger partial charge is 0.330 e. The lowest BCUT2D eigenvalue weighted by molar-refractivity contribution is 0.447. The number of hydrogen-bond donors (Lipinski definition) is 1. The maximum Gasteiger partial charge on any atom is 0.0815 e. The molecule has 1 aromatic heterocycles. The zero-order valence-corrected chi connectivity index (χ0v) is 8.88. The van der Waals surface area contributed by atoms with Gasteiger partial charge in [-0.3, -0.25) is 4.68 Å². The fourth-order valence-electron chi connectivity index (χ4n) is 1.23. The molecule has 4 heteroatoms. The van der Waals surface area contributed by atoms with Crippen LogP contribution in [0.15, 0.2) is 6.20 Å². The molecule has 1 rings (SSSR count). The van der Waals surface area contributed by atoms with E-state index in [-0.39, 0.29) is 0 Å². The lowest BCUT2D eigenvalue weighted by Crippen LogP contribution is -2.08. The van der Waals surface area contributed by atoms with Crippen molar-refractivity contribution in [3.05, 3.63) is 16.9 Å². The second-order valence-corrected chi connectivity index (χ2v) is 3.73. The van der Waals surface area contributed by atoms with Gasteiger partial charge in [0.2, 0.25) is 0 Å². The zero-order valence-electron chi connectivity index (χ0n) is 8.13. The van der Waals surface area contributed by atoms with Gasteiger partial charge in [-0.1, -0.05) is 11.6 Å². The van der Waals surface area contributed by atoms with Crippen LogP contribution in [-0.2, 0) is 0 Å². The third-order valence-electron chi connectivity index (χ3n) is 2.13. The summed E-state index contributed by atoms with van der Waals surface area (Å²) in [6, 6.07) is 0.384. The fourth-order valence-corrected chi connectivity index (χ4v) is 1.37. The predicted molar refractivity (Wildman–Crippen MR) is 55.0 cm³/mol. The van der Waals surface area contributed by atoms with Gasteiger partial charge in [0, 0.05) is 12.2 Å². The summed E-state index contributed by atoms with van der Waals surface area (Å²) < 4.78 is 1.91. The Morgan fingerprint density at radius 3 is 2.85 bits per heavy atom. The highest BCUT2D eigenvalue weighted by atomic mass is 35.5. The van der Waals surface area contributed by atoms with Crippen LogP contribution in [0.2, 0.25) is 5.02 Å². The van der Waals surface area contributed by atoms with Crippen molar-refractivity contribution in [1.82, 2.24) is 9.78 Å². The molecule has 13 heavy (non-hydrogen) atoms. The van der Waals surface area contributed by atoms with Crippen molar-refractivity contribution >= 4 is 11.6 Å². The van der Waals surface area contributed by atoms with Crippen LogP contribution in [0.5, 0.6) is 0 Å². The maximum absolute atomic E-state index is 5.90. The molecule has 0 saturated carbocycles. The van der Waals surface area contributed by atoms with Gasteiger partial charge in [-0.05, 0) is 33.2 Å². The van der Waals surface area contributed by atoms with Gasteiger partial charge in [-0.25, -0.2) is 0 Å². The lowest BCUT2D eigenvalue weighted by Gasteiger charge is -2.10. The van der Waals surface area contributed by atoms with Crippen molar-refractivity contribution in [3.63, 3.8) is 0 Å². The molecule has 0 aromatic carbocycles. The van der Waals surface area contributed by atoms with Crippen LogP contribution in [0.1, 0.15) is 31.5 Å². The summed E-state index contributed by atoms with van der Waals surface area (Å²) in [4.78, 5) is 0. The Kier molecular flexibility index (Phi) is 3.75. The summed E-state index contributed by atoms with van der Waals surface area (Å²) in [5.41, 5.74) is 6.32. The third-order valence-corrected chi connectivity index (χ3v) is 2.51. The summed E-state index contributed by atoms with van der Waals surface area (Å²) in [6.45, 7) is 4.77. The van der Waals surface area contributed by atoms with Gasteiger partial charge in [0.05, 0.1) is 10.7 Å². The van der Waals surface area contributed by atoms with Crippen molar-refractivity contribution in [1.29, 1.82) is 0 Å². The first kappa shape index (κ1) is 10.5. The summed E-state index contributed by atoms with van der Waals surface area (Å²) in [5.74, 6) is 0. The Balaban J connectivity index is 2.60. The molecule has 0 aliphatic rings. The maximum atomic E-state index is 5.90. The van der Waals surface area contributed by atoms with E-state index in [0.717, 1.165) is 30.1 Å². The molecular weight excluding hydrogens is 186 g/mol. The van der Waals surface area contributed by atoms with E-state index >= 15 is 0 Å². The zero-order chi connectivity index (χ0) is 9.84. The monoisotopic (exact) mass is 201 g/mol. The minimum Gasteiger partial charge on any atom is -0.330 e. The molecule has 0 amide bonds. The SMILES string of the molecule is Cc1nn(C(C)CCCN)cc1Cl. The lowest BCUT2D eigenvalue weighted by atomic mass is 10.2. The number of nitrogens with two attached hydrogens (primary N) is 1. The first-order valence-corrected chi connectivity index (χ1v) is 4.94. The number of aromatic nitrogens is 2. The average molecular weight is 202 g/mol. The van der Waals surface area contributed by atoms with Crippen molar-refractivity contribution < 1.29 is 0 Å². The van der Waals surface area contributed by atoms with Crippen LogP contribution < -0.4 is 5.73 Å². The fraction of sp³-hybridized carbons (Fsp3) is 0.667. The quantitative estimate of drug-likeness (QED) is 0.812. The van der Waals surface area contributed by atoms with E-state index in [0.29, 0.717) is 6.04 Å². The Bertz CT molecular complexity index is 250. The second kappa shape index (κ2) is 4.63. The van der Waals surface area contributed by atoms with E-state index in [1.165, 1.54) is 0 Å². The van der Waals surface area contributed by atoms with Crippen LogP contribution in [0.3, 0.4) is 0 Å². The van der Waals surface area contributed by atoms with Crippen LogP contribution >= 0.6 is 11.6 Å². The Morgan fingerprint density at radius 2 is 2.38 bits per heavy atom. The van der Waals surface area contributed by atoms with Crippen LogP contribution in [0.4, 0.5) is 0 Å². The van der Waals surface area contributed by atoms with Gasteiger partial charge in [-0.15, -0.1) is 0 Å². The van der Waals surface area contributed by atoms with Crippen molar-refractivity contribution in [2.75, 3.05) is 6.54 Å². The standard InChI is InChI=1S/C9H16ClN3/c1-7(4-3-5-11)13-6-9(10)8(2)12-13/h6-7H,3-5,11H2,1-2H3. The first-order chi connectivity index (χ1) is 6.15. The van der Waals surface area contributed by atoms with Gasteiger partial charge in [0.15, 0.2) is 0 Å². The molecule has 1 aromatic rings. The summed E-state index contributed by atoms with van der Waals surface area (Å²) in [7, 11) is 0. The molecule has 0 radical (unpaired) electrons. The van der Waals surface area contributed by atoms with Gasteiger partial charge < -0.3 is 5.73 Å². The van der Waals surface area contributed by atoms with E-state index in [2.05, 4.69) is 12.0 Å². The van der Waals surface area contributed by atoms with Crippen molar-refractivity contribution in [2.45, 2.75) is 32.7 Å². The molecule has 3 nitrogen and oxygen atoms in total. The number of halogens is 1. The normalized spacial score (nSPS) is 13.2. The van der Waals surface area contributed by atoms with E-state index < -0.39 is 0 Å². The number of nitrogens with zero attached hydrogens (tertiary/aromatic N) is 2. The molecule has 2 N–H and O–H groups in total. The molecule has 74 valence electrons. The molecule has 0 saturated heterocycles. The molecular formula is C9H16ClN3. The van der Waals surface area contributed by atoms with Crippen molar-refractivity contribution in [3.8, 4) is 0 Å². The van der Waals surface area contributed by atoms with E-state index in [1.807, 2.05) is 17.8 Å². The van der Waals surface area contributed by atoms with Gasteiger partial charge in [0.25, 0.3) is 0 Å². The minimum absolute atomic E-state index is 0.384. The molecule has 0 aliphatic heterocycles. The van der Waals surface area contributed by atoms with Gasteiger partial charge in [0.1, 0.15) is 0 Å². The van der Waals surface area contributed by atoms with Crippen LogP contribution in [-0.4, -0.2) is 16.3 Å². The molecule has 0 fully saturated rings. The highest BCUT2D eigenvalue weighted by molar-refractivity contribution is 6.31. The molecule has 1 unspecified atom stereocenters. The summed E-state index contributed by atoms with van der Waals surface area (Å²) in [6.07, 6.45) is 3.95. The smallest absolute Gasteiger partial charge is 0.0815 e. The second-order valence-electron chi connectivity index (χ2n) is 3.32. The Morgan fingerprint density at radius 1 is 1.69 bits per heavy atom. The molecule has 0 aliphatic carbocycles. The minimum atomic E-state index is 0.384. The molecule has 0 spiro atoms. The predicted octanol–water partition coefficient (Wildman–Crippen LogP) is 2.14. The topological polar surface area (TPSA) is 43.8 Å². The Labute approximate surface area is 83.9 Å². The summed E-state index contributed by atoms with van der Waals surface area (Å²) >= 11 is 5.90. The Hall–Kier alpha value is -0.540. The van der Waals surface area contributed by atoms with Gasteiger partial charge >= 0.3 is 0 Å². The number of aryl methyl sites for hydroxylation is 1. The highest BCUT2D eigenvalue weighted by Gasteiger charge is 2.07. The van der Waals surface area contributed by atoms with E-state index in [1.54, 1.807) is 0 Å². The number of rotatable bonds is 4. The summed E-state index contributed by atoms with van der Waals surface area (Å²) in [5, 5.41) is 5.04. The van der Waals surface area contributed by atoms with Crippen LogP contribution in [0, 0.1) is 6.92 Å². The average Bonchev–Trinajstić information content (AvgIpc) is 2.43. The number of hydrogen-bond acceptors (Lipinski definition) is 2. The third kappa shape index (κ3) is 2.71. The van der Waals surface area contributed by atoms with Crippen molar-refractivity contribution in [2.24, 2.45) is 5.73 Å². The van der Waals surface area contributed by atoms with E-state index in [4.69, 9.17) is 17.3 Å².